The van der Waals surface area contributed by atoms with Crippen LogP contribution in [-0.2, 0) is 5.41 Å². The standard InChI is InChI=1S/C75H52Si2/c1-9-28-55(29-10-1)75(56-30-11-2-12-31-56)67-49-45-53-27-25-26-44-63(53)72(67)66-52-70(77(60-38-19-6-20-39-60,61-40-21-7-22-41-61)62-42-23-8-24-43-62)65-48-47-64-69(50-46-54-51-68(75)73(66)74(65)71(54)64)76(57-32-13-3-14-33-57,58-34-15-4-16-35-58)59-36-17-5-18-37-59/h1-52H. The van der Waals surface area contributed by atoms with E-state index < -0.39 is 21.6 Å². The summed E-state index contributed by atoms with van der Waals surface area (Å²) >= 11 is 0. The molecule has 14 aromatic rings. The van der Waals surface area contributed by atoms with E-state index in [2.05, 4.69) is 315 Å². The minimum absolute atomic E-state index is 0.675. The second-order valence-electron chi connectivity index (χ2n) is 20.9. The van der Waals surface area contributed by atoms with Crippen molar-refractivity contribution >= 4 is 101 Å². The molecule has 15 rings (SSSR count). The molecule has 0 spiro atoms. The van der Waals surface area contributed by atoms with E-state index in [0.717, 1.165) is 0 Å². The van der Waals surface area contributed by atoms with Gasteiger partial charge in [-0.2, -0.15) is 0 Å². The summed E-state index contributed by atoms with van der Waals surface area (Å²) in [6.07, 6.45) is 0. The molecule has 0 heterocycles. The van der Waals surface area contributed by atoms with Gasteiger partial charge in [0.2, 0.25) is 0 Å². The lowest BCUT2D eigenvalue weighted by molar-refractivity contribution is 0.752. The highest BCUT2D eigenvalue weighted by molar-refractivity contribution is 7.21. The Balaban J connectivity index is 1.23. The van der Waals surface area contributed by atoms with Crippen molar-refractivity contribution in [2.24, 2.45) is 0 Å². The molecular formula is C75H52Si2. The summed E-state index contributed by atoms with van der Waals surface area (Å²) in [6, 6.07) is 121. The van der Waals surface area contributed by atoms with Gasteiger partial charge in [-0.25, -0.2) is 0 Å². The van der Waals surface area contributed by atoms with Gasteiger partial charge in [0.05, 0.1) is 5.41 Å². The maximum Gasteiger partial charge on any atom is 0.180 e. The fourth-order valence-corrected chi connectivity index (χ4v) is 24.3. The van der Waals surface area contributed by atoms with Gasteiger partial charge in [-0.05, 0) is 124 Å². The lowest BCUT2D eigenvalue weighted by atomic mass is 9.58. The van der Waals surface area contributed by atoms with Crippen molar-refractivity contribution in [3.8, 4) is 11.1 Å². The zero-order chi connectivity index (χ0) is 51.0. The van der Waals surface area contributed by atoms with Gasteiger partial charge in [-0.1, -0.05) is 309 Å². The molecule has 360 valence electrons. The molecule has 0 bridgehead atoms. The van der Waals surface area contributed by atoms with E-state index in [-0.39, 0.29) is 0 Å². The minimum Gasteiger partial charge on any atom is -0.0623 e. The van der Waals surface area contributed by atoms with Crippen LogP contribution in [0.25, 0.3) is 54.2 Å². The second-order valence-corrected chi connectivity index (χ2v) is 28.4. The number of rotatable bonds is 10. The van der Waals surface area contributed by atoms with Gasteiger partial charge in [0, 0.05) is 0 Å². The van der Waals surface area contributed by atoms with Gasteiger partial charge >= 0.3 is 0 Å². The average Bonchev–Trinajstić information content (AvgIpc) is 3.66. The monoisotopic (exact) mass is 1010 g/mol. The summed E-state index contributed by atoms with van der Waals surface area (Å²) < 4.78 is 0. The highest BCUT2D eigenvalue weighted by atomic mass is 28.3. The third kappa shape index (κ3) is 6.44. The summed E-state index contributed by atoms with van der Waals surface area (Å²) in [7, 11) is -6.23. The van der Waals surface area contributed by atoms with E-state index in [1.807, 2.05) is 0 Å². The molecular weight excluding hydrogens is 957 g/mol. The second kappa shape index (κ2) is 18.0. The first-order valence-electron chi connectivity index (χ1n) is 27.0. The molecule has 0 amide bonds. The van der Waals surface area contributed by atoms with Crippen LogP contribution in [-0.4, -0.2) is 16.1 Å². The Morgan fingerprint density at radius 1 is 0.234 bits per heavy atom. The number of hydrogen-bond acceptors (Lipinski definition) is 0. The van der Waals surface area contributed by atoms with Crippen molar-refractivity contribution in [1.82, 2.24) is 0 Å². The zero-order valence-electron chi connectivity index (χ0n) is 42.5. The van der Waals surface area contributed by atoms with Crippen LogP contribution >= 0.6 is 0 Å². The van der Waals surface area contributed by atoms with Crippen LogP contribution in [0.4, 0.5) is 0 Å². The van der Waals surface area contributed by atoms with Gasteiger partial charge in [0.25, 0.3) is 0 Å². The number of fused-ring (bicyclic) bond motifs is 4. The van der Waals surface area contributed by atoms with Crippen molar-refractivity contribution in [3.63, 3.8) is 0 Å². The zero-order valence-corrected chi connectivity index (χ0v) is 44.5. The summed E-state index contributed by atoms with van der Waals surface area (Å²) in [5.74, 6) is 0. The Kier molecular flexibility index (Phi) is 10.6. The topological polar surface area (TPSA) is 0 Å². The highest BCUT2D eigenvalue weighted by Crippen LogP contribution is 2.58. The maximum atomic E-state index is 2.70. The number of hydrogen-bond donors (Lipinski definition) is 0. The Morgan fingerprint density at radius 3 is 1.06 bits per heavy atom. The SMILES string of the molecule is c1ccc(C2(c3ccccc3)c3ccc4ccccc4c3-c3cc([Si](c4ccccc4)(c4ccccc4)c4ccccc4)c4ccc5c([Si](c6ccccc6)(c6ccccc6)c6ccccc6)ccc6cc2c3c4c65)cc1. The normalized spacial score (nSPS) is 13.0. The lowest BCUT2D eigenvalue weighted by Crippen LogP contribution is -2.75. The van der Waals surface area contributed by atoms with E-state index >= 15 is 0 Å². The predicted octanol–water partition coefficient (Wildman–Crippen LogP) is 12.9. The molecule has 2 heteroatoms. The molecule has 14 aromatic carbocycles. The summed E-state index contributed by atoms with van der Waals surface area (Å²) in [4.78, 5) is 0. The van der Waals surface area contributed by atoms with Crippen molar-refractivity contribution in [3.05, 3.63) is 338 Å². The first-order chi connectivity index (χ1) is 38.2. The molecule has 0 aromatic heterocycles. The minimum atomic E-state index is -3.18. The fourth-order valence-electron chi connectivity index (χ4n) is 14.4. The predicted molar refractivity (Wildman–Crippen MR) is 332 cm³/mol. The van der Waals surface area contributed by atoms with E-state index in [1.165, 1.54) is 118 Å². The Morgan fingerprint density at radius 2 is 0.610 bits per heavy atom. The van der Waals surface area contributed by atoms with Crippen LogP contribution in [0.1, 0.15) is 22.3 Å². The van der Waals surface area contributed by atoms with Crippen molar-refractivity contribution < 1.29 is 0 Å². The summed E-state index contributed by atoms with van der Waals surface area (Å²) in [5, 5.41) is 21.4. The van der Waals surface area contributed by atoms with Gasteiger partial charge in [0.15, 0.2) is 16.1 Å². The summed E-state index contributed by atoms with van der Waals surface area (Å²) in [6.45, 7) is 0. The molecule has 0 radical (unpaired) electrons. The smallest absolute Gasteiger partial charge is 0.0623 e. The van der Waals surface area contributed by atoms with Crippen molar-refractivity contribution in [2.45, 2.75) is 5.41 Å². The van der Waals surface area contributed by atoms with Gasteiger partial charge in [-0.3, -0.25) is 0 Å². The third-order valence-electron chi connectivity index (χ3n) is 17.3. The van der Waals surface area contributed by atoms with Crippen molar-refractivity contribution in [1.29, 1.82) is 0 Å². The average molecular weight is 1010 g/mol. The lowest BCUT2D eigenvalue weighted by Gasteiger charge is -2.44. The largest absolute Gasteiger partial charge is 0.180 e. The maximum absolute atomic E-state index is 3.18. The Hall–Kier alpha value is -9.19. The van der Waals surface area contributed by atoms with Crippen LogP contribution in [0, 0.1) is 0 Å². The molecule has 1 aliphatic rings. The van der Waals surface area contributed by atoms with Crippen LogP contribution in [0.3, 0.4) is 0 Å². The molecule has 0 fully saturated rings. The van der Waals surface area contributed by atoms with Crippen molar-refractivity contribution in [2.75, 3.05) is 0 Å². The molecule has 0 atom stereocenters. The molecule has 77 heavy (non-hydrogen) atoms. The van der Waals surface area contributed by atoms with E-state index in [4.69, 9.17) is 0 Å². The van der Waals surface area contributed by atoms with Gasteiger partial charge in [0.1, 0.15) is 0 Å². The van der Waals surface area contributed by atoms with E-state index in [9.17, 15) is 0 Å². The Bertz CT molecular complexity index is 4220. The van der Waals surface area contributed by atoms with Gasteiger partial charge in [-0.15, -0.1) is 0 Å². The van der Waals surface area contributed by atoms with Crippen LogP contribution in [0.2, 0.25) is 0 Å². The number of benzene rings is 14. The summed E-state index contributed by atoms with van der Waals surface area (Å²) in [5.41, 5.74) is 7.07. The first kappa shape index (κ1) is 45.2. The van der Waals surface area contributed by atoms with Crippen LogP contribution in [0.5, 0.6) is 0 Å². The van der Waals surface area contributed by atoms with E-state index in [0.29, 0.717) is 0 Å². The molecule has 1 aliphatic carbocycles. The molecule has 0 saturated heterocycles. The third-order valence-corrected chi connectivity index (χ3v) is 27.0. The molecule has 0 unspecified atom stereocenters. The fraction of sp³-hybridized carbons (Fsp3) is 0.0133. The molecule has 0 aliphatic heterocycles. The van der Waals surface area contributed by atoms with Crippen LogP contribution in [0.15, 0.2) is 315 Å². The van der Waals surface area contributed by atoms with Crippen LogP contribution < -0.4 is 41.5 Å². The molecule has 0 saturated carbocycles. The quantitative estimate of drug-likeness (QED) is 0.0728. The highest BCUT2D eigenvalue weighted by Gasteiger charge is 2.49. The first-order valence-corrected chi connectivity index (χ1v) is 31.0. The van der Waals surface area contributed by atoms with Gasteiger partial charge < -0.3 is 0 Å². The Labute approximate surface area is 452 Å². The molecule has 0 nitrogen and oxygen atoms in total. The molecule has 0 N–H and O–H groups in total. The van der Waals surface area contributed by atoms with E-state index in [1.54, 1.807) is 0 Å².